The molecule has 0 radical (unpaired) electrons. The lowest BCUT2D eigenvalue weighted by atomic mass is 10.2. The van der Waals surface area contributed by atoms with Crippen molar-refractivity contribution in [3.8, 4) is 0 Å². The number of carbonyl (C=O) groups is 2. The maximum atomic E-state index is 13.4. The number of thiophene rings is 1. The first-order valence-corrected chi connectivity index (χ1v) is 7.76. The lowest BCUT2D eigenvalue weighted by Crippen LogP contribution is -2.21. The molecule has 0 aliphatic carbocycles. The van der Waals surface area contributed by atoms with Gasteiger partial charge in [0.15, 0.2) is 6.61 Å². The summed E-state index contributed by atoms with van der Waals surface area (Å²) in [6.45, 7) is -0.638. The van der Waals surface area contributed by atoms with Gasteiger partial charge in [-0.15, -0.1) is 11.3 Å². The number of fused-ring (bicyclic) bond motifs is 1. The number of hydrogen-bond donors (Lipinski definition) is 1. The molecule has 0 saturated carbocycles. The predicted molar refractivity (Wildman–Crippen MR) is 87.1 cm³/mol. The zero-order valence-corrected chi connectivity index (χ0v) is 13.0. The number of ether oxygens (including phenoxy) is 1. The monoisotopic (exact) mass is 347 g/mol. The van der Waals surface area contributed by atoms with Crippen LogP contribution in [0.5, 0.6) is 0 Å². The Balaban J connectivity index is 1.62. The van der Waals surface area contributed by atoms with Gasteiger partial charge in [0, 0.05) is 4.70 Å². The van der Waals surface area contributed by atoms with Crippen LogP contribution in [0.1, 0.15) is 9.67 Å². The van der Waals surface area contributed by atoms with Gasteiger partial charge >= 0.3 is 5.97 Å². The number of amides is 1. The minimum Gasteiger partial charge on any atom is -0.451 e. The fourth-order valence-corrected chi connectivity index (χ4v) is 3.03. The summed E-state index contributed by atoms with van der Waals surface area (Å²) in [6, 6.07) is 12.3. The molecular formula is C17H11F2NO3S. The Labute approximate surface area is 139 Å². The van der Waals surface area contributed by atoms with Crippen LogP contribution >= 0.6 is 11.3 Å². The third-order valence-electron chi connectivity index (χ3n) is 3.19. The number of halogens is 2. The Morgan fingerprint density at radius 1 is 1.04 bits per heavy atom. The lowest BCUT2D eigenvalue weighted by Gasteiger charge is -2.07. The maximum Gasteiger partial charge on any atom is 0.348 e. The van der Waals surface area contributed by atoms with Crippen molar-refractivity contribution < 1.29 is 23.1 Å². The van der Waals surface area contributed by atoms with Gasteiger partial charge in [0.2, 0.25) is 0 Å². The highest BCUT2D eigenvalue weighted by Crippen LogP contribution is 2.25. The summed E-state index contributed by atoms with van der Waals surface area (Å²) in [6.07, 6.45) is 0. The summed E-state index contributed by atoms with van der Waals surface area (Å²) in [5.41, 5.74) is -0.569. The number of anilines is 1. The highest BCUT2D eigenvalue weighted by Gasteiger charge is 2.16. The van der Waals surface area contributed by atoms with E-state index in [9.17, 15) is 18.4 Å². The van der Waals surface area contributed by atoms with Crippen molar-refractivity contribution in [3.05, 3.63) is 65.0 Å². The van der Waals surface area contributed by atoms with Crippen LogP contribution in [-0.4, -0.2) is 18.5 Å². The fourth-order valence-electron chi connectivity index (χ4n) is 2.08. The highest BCUT2D eigenvalue weighted by atomic mass is 32.1. The average molecular weight is 347 g/mol. The zero-order valence-electron chi connectivity index (χ0n) is 12.2. The number of esters is 1. The highest BCUT2D eigenvalue weighted by molar-refractivity contribution is 7.20. The second-order valence-corrected chi connectivity index (χ2v) is 5.95. The summed E-state index contributed by atoms with van der Waals surface area (Å²) < 4.78 is 32.7. The summed E-state index contributed by atoms with van der Waals surface area (Å²) in [5.74, 6) is -3.30. The van der Waals surface area contributed by atoms with Crippen LogP contribution in [0, 0.1) is 11.6 Å². The molecule has 0 bridgehead atoms. The van der Waals surface area contributed by atoms with Crippen molar-refractivity contribution in [1.29, 1.82) is 0 Å². The van der Waals surface area contributed by atoms with Crippen LogP contribution in [0.25, 0.3) is 10.1 Å². The molecule has 0 unspecified atom stereocenters. The first-order valence-electron chi connectivity index (χ1n) is 6.94. The largest absolute Gasteiger partial charge is 0.451 e. The Hall–Kier alpha value is -2.80. The third kappa shape index (κ3) is 3.41. The molecule has 2 aromatic carbocycles. The first kappa shape index (κ1) is 16.1. The minimum absolute atomic E-state index is 0.348. The van der Waals surface area contributed by atoms with E-state index in [0.717, 1.165) is 22.2 Å². The Morgan fingerprint density at radius 2 is 1.75 bits per heavy atom. The minimum atomic E-state index is -0.904. The quantitative estimate of drug-likeness (QED) is 0.727. The molecule has 122 valence electrons. The van der Waals surface area contributed by atoms with Crippen molar-refractivity contribution in [2.45, 2.75) is 0 Å². The molecule has 0 spiro atoms. The van der Waals surface area contributed by atoms with Gasteiger partial charge in [-0.1, -0.05) is 24.3 Å². The molecule has 0 saturated heterocycles. The van der Waals surface area contributed by atoms with E-state index in [1.807, 2.05) is 29.6 Å². The molecule has 4 nitrogen and oxygen atoms in total. The SMILES string of the molecule is O=C(COC(=O)c1cc2ccccc2s1)Nc1c(F)cccc1F. The molecule has 0 aliphatic rings. The summed E-state index contributed by atoms with van der Waals surface area (Å²) in [7, 11) is 0. The second kappa shape index (κ2) is 6.76. The topological polar surface area (TPSA) is 55.4 Å². The predicted octanol–water partition coefficient (Wildman–Crippen LogP) is 3.98. The molecule has 7 heteroatoms. The van der Waals surface area contributed by atoms with E-state index in [0.29, 0.717) is 4.88 Å². The van der Waals surface area contributed by atoms with Crippen molar-refractivity contribution >= 4 is 39.0 Å². The molecule has 0 fully saturated rings. The van der Waals surface area contributed by atoms with Crippen molar-refractivity contribution in [3.63, 3.8) is 0 Å². The number of benzene rings is 2. The van der Waals surface area contributed by atoms with Crippen LogP contribution in [-0.2, 0) is 9.53 Å². The number of para-hydroxylation sites is 1. The van der Waals surface area contributed by atoms with E-state index in [-0.39, 0.29) is 0 Å². The standard InChI is InChI=1S/C17H11F2NO3S/c18-11-5-3-6-12(19)16(11)20-15(21)9-23-17(22)14-8-10-4-1-2-7-13(10)24-14/h1-8H,9H2,(H,20,21). The average Bonchev–Trinajstić information content (AvgIpc) is 3.00. The number of rotatable bonds is 4. The summed E-state index contributed by atoms with van der Waals surface area (Å²) in [5, 5.41) is 2.94. The number of hydrogen-bond acceptors (Lipinski definition) is 4. The van der Waals surface area contributed by atoms with Crippen molar-refractivity contribution in [2.24, 2.45) is 0 Å². The Bertz CT molecular complexity index is 870. The van der Waals surface area contributed by atoms with Crippen molar-refractivity contribution in [1.82, 2.24) is 0 Å². The maximum absolute atomic E-state index is 13.4. The van der Waals surface area contributed by atoms with Gasteiger partial charge in [0.05, 0.1) is 0 Å². The molecule has 24 heavy (non-hydrogen) atoms. The summed E-state index contributed by atoms with van der Waals surface area (Å²) in [4.78, 5) is 24.0. The van der Waals surface area contributed by atoms with Gasteiger partial charge in [-0.2, -0.15) is 0 Å². The molecule has 0 aliphatic heterocycles. The van der Waals surface area contributed by atoms with Gasteiger partial charge in [-0.25, -0.2) is 13.6 Å². The lowest BCUT2D eigenvalue weighted by molar-refractivity contribution is -0.119. The van der Waals surface area contributed by atoms with E-state index in [2.05, 4.69) is 0 Å². The molecular weight excluding hydrogens is 336 g/mol. The molecule has 3 aromatic rings. The Kier molecular flexibility index (Phi) is 4.52. The van der Waals surface area contributed by atoms with Gasteiger partial charge < -0.3 is 10.1 Å². The van der Waals surface area contributed by atoms with Crippen LogP contribution in [0.4, 0.5) is 14.5 Å². The van der Waals surface area contributed by atoms with E-state index in [1.165, 1.54) is 17.4 Å². The third-order valence-corrected chi connectivity index (χ3v) is 4.28. The zero-order chi connectivity index (χ0) is 17.1. The normalized spacial score (nSPS) is 10.6. The van der Waals surface area contributed by atoms with Gasteiger partial charge in [-0.3, -0.25) is 4.79 Å². The second-order valence-electron chi connectivity index (χ2n) is 4.87. The molecule has 1 aromatic heterocycles. The van der Waals surface area contributed by atoms with Crippen LogP contribution in [0.2, 0.25) is 0 Å². The van der Waals surface area contributed by atoms with E-state index >= 15 is 0 Å². The first-order chi connectivity index (χ1) is 11.5. The van der Waals surface area contributed by atoms with E-state index < -0.39 is 35.8 Å². The van der Waals surface area contributed by atoms with Crippen LogP contribution in [0.15, 0.2) is 48.5 Å². The van der Waals surface area contributed by atoms with Crippen LogP contribution < -0.4 is 5.32 Å². The molecule has 3 rings (SSSR count). The smallest absolute Gasteiger partial charge is 0.348 e. The molecule has 1 N–H and O–H groups in total. The fraction of sp³-hybridized carbons (Fsp3) is 0.0588. The van der Waals surface area contributed by atoms with E-state index in [1.54, 1.807) is 6.07 Å². The van der Waals surface area contributed by atoms with Gasteiger partial charge in [-0.05, 0) is 29.7 Å². The van der Waals surface area contributed by atoms with E-state index in [4.69, 9.17) is 4.74 Å². The Morgan fingerprint density at radius 3 is 2.46 bits per heavy atom. The van der Waals surface area contributed by atoms with Gasteiger partial charge in [0.25, 0.3) is 5.91 Å². The number of carbonyl (C=O) groups excluding carboxylic acids is 2. The number of nitrogens with one attached hydrogen (secondary N) is 1. The molecule has 0 atom stereocenters. The van der Waals surface area contributed by atoms with Crippen molar-refractivity contribution in [2.75, 3.05) is 11.9 Å². The molecule has 1 amide bonds. The van der Waals surface area contributed by atoms with Crippen LogP contribution in [0.3, 0.4) is 0 Å². The van der Waals surface area contributed by atoms with Gasteiger partial charge in [0.1, 0.15) is 22.2 Å². The molecule has 1 heterocycles. The summed E-state index contributed by atoms with van der Waals surface area (Å²) >= 11 is 1.24.